The molecule has 2 atom stereocenters. The Morgan fingerprint density at radius 2 is 1.63 bits per heavy atom. The first kappa shape index (κ1) is 32.2. The highest BCUT2D eigenvalue weighted by Crippen LogP contribution is 2.25. The molecule has 0 aliphatic carbocycles. The molecule has 0 aromatic heterocycles. The van der Waals surface area contributed by atoms with Crippen LogP contribution in [0.15, 0.2) is 72.8 Å². The summed E-state index contributed by atoms with van der Waals surface area (Å²) in [6, 6.07) is 20.0. The van der Waals surface area contributed by atoms with Crippen molar-refractivity contribution in [2.45, 2.75) is 52.4 Å². The number of anilines is 1. The molecule has 3 aromatic rings. The maximum Gasteiger partial charge on any atom is 0.244 e. The van der Waals surface area contributed by atoms with Gasteiger partial charge in [0, 0.05) is 22.6 Å². The van der Waals surface area contributed by atoms with Crippen molar-refractivity contribution in [2.75, 3.05) is 17.1 Å². The SMILES string of the molecule is CCC(C)NC(=O)C(C)N(Cc1ccc(Cl)cc1Cl)C(=O)CN(c1ccc(OCc2ccccc2)cc1)S(C)(=O)=O. The van der Waals surface area contributed by atoms with Gasteiger partial charge in [-0.25, -0.2) is 8.42 Å². The molecule has 0 spiro atoms. The molecule has 0 aliphatic heterocycles. The zero-order valence-corrected chi connectivity index (χ0v) is 25.8. The van der Waals surface area contributed by atoms with E-state index in [1.807, 2.05) is 44.2 Å². The summed E-state index contributed by atoms with van der Waals surface area (Å²) in [6.07, 6.45) is 1.74. The van der Waals surface area contributed by atoms with E-state index in [9.17, 15) is 18.0 Å². The number of carbonyl (C=O) groups excluding carboxylic acids is 2. The lowest BCUT2D eigenvalue weighted by molar-refractivity contribution is -0.139. The monoisotopic (exact) mass is 619 g/mol. The zero-order valence-electron chi connectivity index (χ0n) is 23.5. The van der Waals surface area contributed by atoms with E-state index in [0.717, 1.165) is 16.1 Å². The molecule has 0 saturated heterocycles. The number of sulfonamides is 1. The highest BCUT2D eigenvalue weighted by molar-refractivity contribution is 7.92. The summed E-state index contributed by atoms with van der Waals surface area (Å²) in [7, 11) is -3.87. The Morgan fingerprint density at radius 3 is 2.22 bits per heavy atom. The standard InChI is InChI=1S/C30H35Cl2N3O5S/c1-5-21(2)33-30(37)22(3)34(18-24-11-12-25(31)17-28(24)32)29(36)19-35(41(4,38)39)26-13-15-27(16-14-26)40-20-23-9-7-6-8-10-23/h6-17,21-22H,5,18-20H2,1-4H3,(H,33,37). The van der Waals surface area contributed by atoms with E-state index >= 15 is 0 Å². The quantitative estimate of drug-likeness (QED) is 0.266. The number of ether oxygens (including phenoxy) is 1. The molecule has 41 heavy (non-hydrogen) atoms. The number of nitrogens with one attached hydrogen (secondary N) is 1. The van der Waals surface area contributed by atoms with Gasteiger partial charge in [0.1, 0.15) is 24.9 Å². The normalized spacial score (nSPS) is 12.7. The first-order valence-corrected chi connectivity index (χ1v) is 15.8. The molecule has 0 bridgehead atoms. The molecule has 2 amide bonds. The van der Waals surface area contributed by atoms with Crippen LogP contribution in [0.3, 0.4) is 0 Å². The Balaban J connectivity index is 1.84. The van der Waals surface area contributed by atoms with Crippen LogP contribution in [0.5, 0.6) is 5.75 Å². The summed E-state index contributed by atoms with van der Waals surface area (Å²) >= 11 is 12.4. The Morgan fingerprint density at radius 1 is 0.976 bits per heavy atom. The predicted molar refractivity (Wildman–Crippen MR) is 164 cm³/mol. The molecule has 2 unspecified atom stereocenters. The van der Waals surface area contributed by atoms with Crippen molar-refractivity contribution in [3.63, 3.8) is 0 Å². The molecule has 0 aliphatic rings. The summed E-state index contributed by atoms with van der Waals surface area (Å²) in [5.74, 6) is -0.381. The fourth-order valence-corrected chi connectivity index (χ4v) is 5.26. The van der Waals surface area contributed by atoms with Crippen LogP contribution in [0, 0.1) is 0 Å². The molecular formula is C30H35Cl2N3O5S. The van der Waals surface area contributed by atoms with E-state index in [1.54, 1.807) is 49.4 Å². The number of nitrogens with zero attached hydrogens (tertiary/aromatic N) is 2. The van der Waals surface area contributed by atoms with Gasteiger partial charge in [-0.1, -0.05) is 66.5 Å². The molecule has 0 radical (unpaired) electrons. The maximum atomic E-state index is 13.7. The number of hydrogen-bond donors (Lipinski definition) is 1. The third kappa shape index (κ3) is 9.38. The van der Waals surface area contributed by atoms with E-state index in [1.165, 1.54) is 4.90 Å². The summed E-state index contributed by atoms with van der Waals surface area (Å²) in [6.45, 7) is 5.22. The van der Waals surface area contributed by atoms with Gasteiger partial charge in [-0.15, -0.1) is 0 Å². The molecule has 11 heteroatoms. The van der Waals surface area contributed by atoms with Crippen molar-refractivity contribution >= 4 is 50.7 Å². The summed E-state index contributed by atoms with van der Waals surface area (Å²) < 4.78 is 32.5. The van der Waals surface area contributed by atoms with Gasteiger partial charge in [0.2, 0.25) is 21.8 Å². The van der Waals surface area contributed by atoms with Gasteiger partial charge in [0.25, 0.3) is 0 Å². The summed E-state index contributed by atoms with van der Waals surface area (Å²) in [5.41, 5.74) is 1.85. The minimum Gasteiger partial charge on any atom is -0.489 e. The summed E-state index contributed by atoms with van der Waals surface area (Å²) in [5, 5.41) is 3.65. The molecule has 3 aromatic carbocycles. The Hall–Kier alpha value is -3.27. The van der Waals surface area contributed by atoms with Gasteiger partial charge in [-0.05, 0) is 67.8 Å². The van der Waals surface area contributed by atoms with Crippen molar-refractivity contribution < 1.29 is 22.7 Å². The lowest BCUT2D eigenvalue weighted by Gasteiger charge is -2.32. The third-order valence-electron chi connectivity index (χ3n) is 6.58. The second kappa shape index (κ2) is 14.6. The first-order chi connectivity index (χ1) is 19.4. The highest BCUT2D eigenvalue weighted by Gasteiger charge is 2.31. The van der Waals surface area contributed by atoms with E-state index < -0.39 is 28.5 Å². The van der Waals surface area contributed by atoms with Gasteiger partial charge in [-0.2, -0.15) is 0 Å². The topological polar surface area (TPSA) is 96.0 Å². The molecule has 0 saturated carbocycles. The second-order valence-electron chi connectivity index (χ2n) is 9.79. The minimum absolute atomic E-state index is 0.0200. The fourth-order valence-electron chi connectivity index (χ4n) is 3.94. The van der Waals surface area contributed by atoms with Crippen molar-refractivity contribution in [2.24, 2.45) is 0 Å². The number of rotatable bonds is 13. The van der Waals surface area contributed by atoms with Crippen LogP contribution < -0.4 is 14.4 Å². The fraction of sp³-hybridized carbons (Fsp3) is 0.333. The summed E-state index contributed by atoms with van der Waals surface area (Å²) in [4.78, 5) is 28.1. The lowest BCUT2D eigenvalue weighted by atomic mass is 10.1. The Kier molecular flexibility index (Phi) is 11.5. The number of hydrogen-bond acceptors (Lipinski definition) is 5. The smallest absolute Gasteiger partial charge is 0.244 e. The van der Waals surface area contributed by atoms with E-state index in [-0.39, 0.29) is 24.2 Å². The molecule has 0 heterocycles. The predicted octanol–water partition coefficient (Wildman–Crippen LogP) is 5.67. The zero-order chi connectivity index (χ0) is 30.2. The Bertz CT molecular complexity index is 1440. The van der Waals surface area contributed by atoms with Gasteiger partial charge >= 0.3 is 0 Å². The lowest BCUT2D eigenvalue weighted by Crippen LogP contribution is -2.52. The van der Waals surface area contributed by atoms with E-state index in [2.05, 4.69) is 5.32 Å². The van der Waals surface area contributed by atoms with Crippen LogP contribution >= 0.6 is 23.2 Å². The Labute approximate surface area is 252 Å². The first-order valence-electron chi connectivity index (χ1n) is 13.2. The average Bonchev–Trinajstić information content (AvgIpc) is 2.94. The molecule has 220 valence electrons. The minimum atomic E-state index is -3.87. The van der Waals surface area contributed by atoms with E-state index in [0.29, 0.717) is 34.4 Å². The van der Waals surface area contributed by atoms with Crippen LogP contribution in [0.2, 0.25) is 10.0 Å². The van der Waals surface area contributed by atoms with Crippen molar-refractivity contribution in [1.29, 1.82) is 0 Å². The number of carbonyl (C=O) groups is 2. The van der Waals surface area contributed by atoms with Crippen LogP contribution in [0.25, 0.3) is 0 Å². The van der Waals surface area contributed by atoms with Crippen molar-refractivity contribution in [3.05, 3.63) is 94.0 Å². The third-order valence-corrected chi connectivity index (χ3v) is 8.30. The number of benzene rings is 3. The van der Waals surface area contributed by atoms with Gasteiger partial charge in [0.15, 0.2) is 0 Å². The largest absolute Gasteiger partial charge is 0.489 e. The van der Waals surface area contributed by atoms with Crippen LogP contribution in [0.1, 0.15) is 38.3 Å². The second-order valence-corrected chi connectivity index (χ2v) is 12.5. The molecule has 1 N–H and O–H groups in total. The maximum absolute atomic E-state index is 13.7. The van der Waals surface area contributed by atoms with E-state index in [4.69, 9.17) is 27.9 Å². The molecule has 8 nitrogen and oxygen atoms in total. The van der Waals surface area contributed by atoms with Crippen LogP contribution in [0.4, 0.5) is 5.69 Å². The highest BCUT2D eigenvalue weighted by atomic mass is 35.5. The number of amides is 2. The number of halogens is 2. The molecular weight excluding hydrogens is 585 g/mol. The van der Waals surface area contributed by atoms with Crippen LogP contribution in [-0.2, 0) is 32.8 Å². The van der Waals surface area contributed by atoms with Gasteiger partial charge < -0.3 is 15.0 Å². The molecule has 3 rings (SSSR count). The average molecular weight is 621 g/mol. The van der Waals surface area contributed by atoms with Gasteiger partial charge in [-0.3, -0.25) is 13.9 Å². The van der Waals surface area contributed by atoms with Crippen molar-refractivity contribution in [1.82, 2.24) is 10.2 Å². The van der Waals surface area contributed by atoms with Gasteiger partial charge in [0.05, 0.1) is 11.9 Å². The van der Waals surface area contributed by atoms with Crippen molar-refractivity contribution in [3.8, 4) is 5.75 Å². The van der Waals surface area contributed by atoms with Crippen LogP contribution in [-0.4, -0.2) is 50.0 Å². The molecule has 0 fully saturated rings.